The molecule has 0 spiro atoms. The average molecular weight is 277 g/mol. The summed E-state index contributed by atoms with van der Waals surface area (Å²) in [4.78, 5) is 10.9. The number of rotatable bonds is 2. The Morgan fingerprint density at radius 1 is 1.10 bits per heavy atom. The van der Waals surface area contributed by atoms with Gasteiger partial charge in [-0.25, -0.2) is 4.98 Å². The van der Waals surface area contributed by atoms with Gasteiger partial charge in [0.2, 0.25) is 0 Å². The van der Waals surface area contributed by atoms with Crippen molar-refractivity contribution >= 4 is 5.82 Å². The van der Waals surface area contributed by atoms with Crippen LogP contribution in [0.5, 0.6) is 0 Å². The second-order valence-electron chi connectivity index (χ2n) is 5.41. The highest BCUT2D eigenvalue weighted by molar-refractivity contribution is 5.54. The summed E-state index contributed by atoms with van der Waals surface area (Å²) in [6.45, 7) is 2.02. The lowest BCUT2D eigenvalue weighted by atomic mass is 9.93. The Kier molecular flexibility index (Phi) is 4.16. The van der Waals surface area contributed by atoms with E-state index < -0.39 is 0 Å². The van der Waals surface area contributed by atoms with Gasteiger partial charge in [0.25, 0.3) is 0 Å². The first-order valence-corrected chi connectivity index (χ1v) is 7.45. The van der Waals surface area contributed by atoms with Gasteiger partial charge in [-0.3, -0.25) is 4.98 Å². The van der Waals surface area contributed by atoms with Crippen molar-refractivity contribution in [3.8, 4) is 12.3 Å². The number of aromatic nitrogens is 2. The van der Waals surface area contributed by atoms with Crippen LogP contribution in [-0.2, 0) is 0 Å². The first kappa shape index (κ1) is 13.6. The van der Waals surface area contributed by atoms with Gasteiger partial charge in [-0.15, -0.1) is 6.42 Å². The molecular formula is C18H19N3. The second kappa shape index (κ2) is 6.41. The van der Waals surface area contributed by atoms with Gasteiger partial charge in [-0.05, 0) is 55.0 Å². The van der Waals surface area contributed by atoms with Gasteiger partial charge in [0.1, 0.15) is 5.82 Å². The Labute approximate surface area is 126 Å². The molecule has 106 valence electrons. The molecule has 3 heteroatoms. The molecule has 0 amide bonds. The van der Waals surface area contributed by atoms with Crippen LogP contribution in [0.4, 0.5) is 5.82 Å². The van der Waals surface area contributed by atoms with Crippen LogP contribution in [0, 0.1) is 12.3 Å². The van der Waals surface area contributed by atoms with E-state index in [1.165, 1.54) is 12.0 Å². The average Bonchev–Trinajstić information content (AvgIpc) is 2.81. The van der Waals surface area contributed by atoms with Gasteiger partial charge < -0.3 is 4.90 Å². The zero-order chi connectivity index (χ0) is 14.5. The molecule has 0 radical (unpaired) electrons. The zero-order valence-corrected chi connectivity index (χ0v) is 12.1. The van der Waals surface area contributed by atoms with Crippen molar-refractivity contribution in [1.82, 2.24) is 9.97 Å². The summed E-state index contributed by atoms with van der Waals surface area (Å²) in [6.07, 6.45) is 14.7. The normalized spacial score (nSPS) is 18.8. The van der Waals surface area contributed by atoms with Crippen LogP contribution < -0.4 is 4.90 Å². The second-order valence-corrected chi connectivity index (χ2v) is 5.41. The highest BCUT2D eigenvalue weighted by Crippen LogP contribution is 2.29. The third-order valence-corrected chi connectivity index (χ3v) is 4.15. The van der Waals surface area contributed by atoms with Crippen molar-refractivity contribution in [2.75, 3.05) is 18.0 Å². The number of anilines is 1. The van der Waals surface area contributed by atoms with E-state index in [1.54, 1.807) is 0 Å². The Balaban J connectivity index is 1.76. The van der Waals surface area contributed by atoms with Crippen LogP contribution in [-0.4, -0.2) is 23.1 Å². The SMILES string of the molecule is C#Cc1cccnc1N1CCCC(c2ccncc2)CC1. The maximum absolute atomic E-state index is 5.59. The largest absolute Gasteiger partial charge is 0.356 e. The molecule has 1 fully saturated rings. The van der Waals surface area contributed by atoms with Crippen LogP contribution in [0.2, 0.25) is 0 Å². The van der Waals surface area contributed by atoms with E-state index in [0.29, 0.717) is 5.92 Å². The van der Waals surface area contributed by atoms with Crippen molar-refractivity contribution in [3.05, 3.63) is 54.0 Å². The van der Waals surface area contributed by atoms with E-state index in [2.05, 4.69) is 32.9 Å². The highest BCUT2D eigenvalue weighted by Gasteiger charge is 2.20. The maximum atomic E-state index is 5.59. The van der Waals surface area contributed by atoms with E-state index >= 15 is 0 Å². The molecule has 1 saturated heterocycles. The molecule has 2 aromatic heterocycles. The number of terminal acetylenes is 1. The van der Waals surface area contributed by atoms with E-state index in [-0.39, 0.29) is 0 Å². The highest BCUT2D eigenvalue weighted by atomic mass is 15.2. The summed E-state index contributed by atoms with van der Waals surface area (Å²) in [5.41, 5.74) is 2.28. The molecule has 21 heavy (non-hydrogen) atoms. The van der Waals surface area contributed by atoms with Crippen molar-refractivity contribution in [3.63, 3.8) is 0 Å². The Bertz CT molecular complexity index is 630. The maximum Gasteiger partial charge on any atom is 0.144 e. The molecule has 0 bridgehead atoms. The minimum atomic E-state index is 0.607. The van der Waals surface area contributed by atoms with Gasteiger partial charge in [-0.1, -0.05) is 5.92 Å². The predicted molar refractivity (Wildman–Crippen MR) is 85.2 cm³/mol. The van der Waals surface area contributed by atoms with Crippen LogP contribution >= 0.6 is 0 Å². The van der Waals surface area contributed by atoms with Crippen LogP contribution in [0.25, 0.3) is 0 Å². The van der Waals surface area contributed by atoms with Crippen molar-refractivity contribution in [2.45, 2.75) is 25.2 Å². The van der Waals surface area contributed by atoms with Crippen molar-refractivity contribution < 1.29 is 0 Å². The molecule has 0 N–H and O–H groups in total. The number of pyridine rings is 2. The van der Waals surface area contributed by atoms with Crippen molar-refractivity contribution in [2.24, 2.45) is 0 Å². The van der Waals surface area contributed by atoms with E-state index in [9.17, 15) is 0 Å². The van der Waals surface area contributed by atoms with E-state index in [4.69, 9.17) is 6.42 Å². The fourth-order valence-corrected chi connectivity index (χ4v) is 3.04. The molecule has 1 aliphatic rings. The first-order valence-electron chi connectivity index (χ1n) is 7.45. The molecule has 3 nitrogen and oxygen atoms in total. The van der Waals surface area contributed by atoms with Gasteiger partial charge in [0.15, 0.2) is 0 Å². The molecule has 1 atom stereocenters. The molecule has 3 heterocycles. The summed E-state index contributed by atoms with van der Waals surface area (Å²) in [5.74, 6) is 4.31. The summed E-state index contributed by atoms with van der Waals surface area (Å²) in [7, 11) is 0. The van der Waals surface area contributed by atoms with E-state index in [1.807, 2.05) is 30.7 Å². The van der Waals surface area contributed by atoms with Gasteiger partial charge >= 0.3 is 0 Å². The standard InChI is InChI=1S/C18H19N3/c1-2-15-5-3-10-20-18(15)21-13-4-6-16(9-14-21)17-7-11-19-12-8-17/h1,3,5,7-8,10-12,16H,4,6,9,13-14H2. The van der Waals surface area contributed by atoms with E-state index in [0.717, 1.165) is 37.3 Å². The number of nitrogens with zero attached hydrogens (tertiary/aromatic N) is 3. The van der Waals surface area contributed by atoms with Crippen LogP contribution in [0.1, 0.15) is 36.3 Å². The third-order valence-electron chi connectivity index (χ3n) is 4.15. The van der Waals surface area contributed by atoms with Gasteiger partial charge in [0.05, 0.1) is 5.56 Å². The third kappa shape index (κ3) is 3.05. The molecule has 1 aliphatic heterocycles. The summed E-state index contributed by atoms with van der Waals surface area (Å²) < 4.78 is 0. The molecule has 0 saturated carbocycles. The number of hydrogen-bond donors (Lipinski definition) is 0. The number of hydrogen-bond acceptors (Lipinski definition) is 3. The quantitative estimate of drug-likeness (QED) is 0.789. The molecule has 1 unspecified atom stereocenters. The molecule has 0 aromatic carbocycles. The molecule has 0 aliphatic carbocycles. The Morgan fingerprint density at radius 2 is 1.95 bits per heavy atom. The molecule has 2 aromatic rings. The van der Waals surface area contributed by atoms with Gasteiger partial charge in [-0.2, -0.15) is 0 Å². The lowest BCUT2D eigenvalue weighted by Gasteiger charge is -2.22. The molecule has 3 rings (SSSR count). The topological polar surface area (TPSA) is 29.0 Å². The smallest absolute Gasteiger partial charge is 0.144 e. The molecular weight excluding hydrogens is 258 g/mol. The summed E-state index contributed by atoms with van der Waals surface area (Å²) in [6, 6.07) is 8.13. The van der Waals surface area contributed by atoms with Crippen LogP contribution in [0.15, 0.2) is 42.9 Å². The zero-order valence-electron chi connectivity index (χ0n) is 12.1. The fraction of sp³-hybridized carbons (Fsp3) is 0.333. The Morgan fingerprint density at radius 3 is 2.76 bits per heavy atom. The monoisotopic (exact) mass is 277 g/mol. The van der Waals surface area contributed by atoms with Crippen LogP contribution in [0.3, 0.4) is 0 Å². The lowest BCUT2D eigenvalue weighted by molar-refractivity contribution is 0.611. The summed E-state index contributed by atoms with van der Waals surface area (Å²) in [5, 5.41) is 0. The summed E-state index contributed by atoms with van der Waals surface area (Å²) >= 11 is 0. The fourth-order valence-electron chi connectivity index (χ4n) is 3.04. The minimum absolute atomic E-state index is 0.607. The minimum Gasteiger partial charge on any atom is -0.356 e. The predicted octanol–water partition coefficient (Wildman–Crippen LogP) is 3.23. The van der Waals surface area contributed by atoms with Crippen molar-refractivity contribution in [1.29, 1.82) is 0 Å². The Hall–Kier alpha value is -2.34. The first-order chi connectivity index (χ1) is 10.4. The van der Waals surface area contributed by atoms with Gasteiger partial charge in [0, 0.05) is 31.7 Å². The lowest BCUT2D eigenvalue weighted by Crippen LogP contribution is -2.26.